The summed E-state index contributed by atoms with van der Waals surface area (Å²) in [6, 6.07) is 11.4. The molecular weight excluding hydrogens is 392 g/mol. The second-order valence-corrected chi connectivity index (χ2v) is 6.94. The third-order valence-electron chi connectivity index (χ3n) is 3.45. The van der Waals surface area contributed by atoms with Crippen molar-refractivity contribution in [2.45, 2.75) is 10.6 Å². The van der Waals surface area contributed by atoms with Crippen LogP contribution in [-0.4, -0.2) is 24.2 Å². The van der Waals surface area contributed by atoms with E-state index in [1.54, 1.807) is 31.0 Å². The van der Waals surface area contributed by atoms with E-state index in [2.05, 4.69) is 25.9 Å². The summed E-state index contributed by atoms with van der Waals surface area (Å²) in [4.78, 5) is 20.8. The summed E-state index contributed by atoms with van der Waals surface area (Å²) < 4.78 is 11.5. The Hall–Kier alpha value is -1.99. The van der Waals surface area contributed by atoms with Gasteiger partial charge in [-0.2, -0.15) is 0 Å². The predicted molar refractivity (Wildman–Crippen MR) is 99.2 cm³/mol. The molecule has 0 saturated carbocycles. The second kappa shape index (κ2) is 7.27. The fourth-order valence-electron chi connectivity index (χ4n) is 2.27. The lowest BCUT2D eigenvalue weighted by atomic mass is 10.2. The molecule has 2 aromatic carbocycles. The van der Waals surface area contributed by atoms with Crippen LogP contribution in [0.15, 0.2) is 50.6 Å². The van der Waals surface area contributed by atoms with E-state index in [4.69, 9.17) is 9.47 Å². The first-order chi connectivity index (χ1) is 11.6. The smallest absolute Gasteiger partial charge is 0.258 e. The van der Waals surface area contributed by atoms with E-state index in [9.17, 15) is 4.79 Å². The molecule has 0 bridgehead atoms. The van der Waals surface area contributed by atoms with Crippen molar-refractivity contribution < 1.29 is 9.47 Å². The lowest BCUT2D eigenvalue weighted by Crippen LogP contribution is -2.11. The summed E-state index contributed by atoms with van der Waals surface area (Å²) >= 11 is 5.02. The van der Waals surface area contributed by atoms with Gasteiger partial charge in [-0.1, -0.05) is 15.9 Å². The number of fused-ring (bicyclic) bond motifs is 1. The summed E-state index contributed by atoms with van der Waals surface area (Å²) in [5.41, 5.74) is 0.398. The summed E-state index contributed by atoms with van der Waals surface area (Å²) in [7, 11) is 3.09. The molecule has 124 valence electrons. The third kappa shape index (κ3) is 3.57. The zero-order chi connectivity index (χ0) is 17.1. The number of rotatable bonds is 5. The van der Waals surface area contributed by atoms with Gasteiger partial charge in [-0.25, -0.2) is 4.98 Å². The van der Waals surface area contributed by atoms with Gasteiger partial charge in [0.1, 0.15) is 5.82 Å². The summed E-state index contributed by atoms with van der Waals surface area (Å²) in [6.45, 7) is 0. The van der Waals surface area contributed by atoms with E-state index in [-0.39, 0.29) is 5.56 Å². The number of aromatic amines is 1. The minimum atomic E-state index is -0.188. The van der Waals surface area contributed by atoms with Crippen LogP contribution in [0.5, 0.6) is 11.5 Å². The number of hydrogen-bond donors (Lipinski definition) is 1. The van der Waals surface area contributed by atoms with Crippen molar-refractivity contribution in [1.82, 2.24) is 9.97 Å². The maximum atomic E-state index is 12.3. The highest BCUT2D eigenvalue weighted by Crippen LogP contribution is 2.30. The number of nitrogens with one attached hydrogen (secondary N) is 1. The van der Waals surface area contributed by atoms with Crippen molar-refractivity contribution in [3.63, 3.8) is 0 Å². The van der Waals surface area contributed by atoms with Crippen LogP contribution in [0.3, 0.4) is 0 Å². The van der Waals surface area contributed by atoms with Gasteiger partial charge in [0.25, 0.3) is 5.56 Å². The Bertz CT molecular complexity index is 926. The number of thioether (sulfide) groups is 1. The first kappa shape index (κ1) is 16.9. The summed E-state index contributed by atoms with van der Waals surface area (Å²) in [5.74, 6) is 2.25. The zero-order valence-corrected chi connectivity index (χ0v) is 15.5. The second-order valence-electron chi connectivity index (χ2n) is 4.98. The number of benzene rings is 2. The van der Waals surface area contributed by atoms with E-state index in [1.165, 1.54) is 7.11 Å². The van der Waals surface area contributed by atoms with Gasteiger partial charge < -0.3 is 14.5 Å². The van der Waals surface area contributed by atoms with Gasteiger partial charge >= 0.3 is 0 Å². The van der Waals surface area contributed by atoms with Gasteiger partial charge in [-0.3, -0.25) is 4.79 Å². The molecule has 24 heavy (non-hydrogen) atoms. The van der Waals surface area contributed by atoms with Crippen LogP contribution in [0.1, 0.15) is 5.82 Å². The topological polar surface area (TPSA) is 64.2 Å². The van der Waals surface area contributed by atoms with Crippen molar-refractivity contribution in [2.75, 3.05) is 14.2 Å². The first-order valence-electron chi connectivity index (χ1n) is 7.14. The molecule has 7 heteroatoms. The number of H-pyrrole nitrogens is 1. The standard InChI is InChI=1S/C17H15BrN2O3S/c1-22-14-7-12-13(8-15(14)23-2)19-16(20-17(12)21)9-24-11-5-3-10(18)4-6-11/h3-8H,9H2,1-2H3,(H,19,20,21). The number of hydrogen-bond acceptors (Lipinski definition) is 5. The largest absolute Gasteiger partial charge is 0.493 e. The molecule has 0 amide bonds. The monoisotopic (exact) mass is 406 g/mol. The van der Waals surface area contributed by atoms with Crippen molar-refractivity contribution in [1.29, 1.82) is 0 Å². The molecule has 0 saturated heterocycles. The number of methoxy groups -OCH3 is 2. The molecule has 1 heterocycles. The van der Waals surface area contributed by atoms with E-state index in [0.29, 0.717) is 34.0 Å². The minimum absolute atomic E-state index is 0.188. The summed E-state index contributed by atoms with van der Waals surface area (Å²) in [6.07, 6.45) is 0. The molecule has 3 aromatic rings. The Morgan fingerprint density at radius 1 is 1.12 bits per heavy atom. The fraction of sp³-hybridized carbons (Fsp3) is 0.176. The Balaban J connectivity index is 1.92. The van der Waals surface area contributed by atoms with Gasteiger partial charge in [-0.05, 0) is 30.3 Å². The van der Waals surface area contributed by atoms with Crippen LogP contribution in [0.25, 0.3) is 10.9 Å². The Morgan fingerprint density at radius 3 is 2.46 bits per heavy atom. The fourth-order valence-corrected chi connectivity index (χ4v) is 3.30. The van der Waals surface area contributed by atoms with E-state index in [1.807, 2.05) is 24.3 Å². The highest BCUT2D eigenvalue weighted by Gasteiger charge is 2.11. The van der Waals surface area contributed by atoms with E-state index in [0.717, 1.165) is 9.37 Å². The van der Waals surface area contributed by atoms with Crippen molar-refractivity contribution >= 4 is 38.6 Å². The molecule has 0 aliphatic rings. The van der Waals surface area contributed by atoms with Crippen LogP contribution in [0.4, 0.5) is 0 Å². The van der Waals surface area contributed by atoms with Crippen LogP contribution >= 0.6 is 27.7 Å². The highest BCUT2D eigenvalue weighted by molar-refractivity contribution is 9.10. The number of aromatic nitrogens is 2. The van der Waals surface area contributed by atoms with Gasteiger partial charge in [-0.15, -0.1) is 11.8 Å². The lowest BCUT2D eigenvalue weighted by Gasteiger charge is -2.09. The first-order valence-corrected chi connectivity index (χ1v) is 8.92. The molecule has 0 unspecified atom stereocenters. The number of halogens is 1. The molecule has 3 rings (SSSR count). The molecular formula is C17H15BrN2O3S. The molecule has 0 fully saturated rings. The van der Waals surface area contributed by atoms with Crippen molar-refractivity contribution in [3.8, 4) is 11.5 Å². The molecule has 0 atom stereocenters. The quantitative estimate of drug-likeness (QED) is 0.648. The summed E-state index contributed by atoms with van der Waals surface area (Å²) in [5, 5.41) is 0.477. The number of nitrogens with zero attached hydrogens (tertiary/aromatic N) is 1. The maximum absolute atomic E-state index is 12.3. The van der Waals surface area contributed by atoms with Crippen molar-refractivity contribution in [3.05, 3.63) is 57.0 Å². The number of ether oxygens (including phenoxy) is 2. The predicted octanol–water partition coefficient (Wildman–Crippen LogP) is 4.00. The molecule has 0 radical (unpaired) electrons. The van der Waals surface area contributed by atoms with Gasteiger partial charge in [0.2, 0.25) is 0 Å². The van der Waals surface area contributed by atoms with E-state index >= 15 is 0 Å². The molecule has 1 aromatic heterocycles. The van der Waals surface area contributed by atoms with Gasteiger partial charge in [0.05, 0.1) is 30.9 Å². The SMILES string of the molecule is COc1cc2nc(CSc3ccc(Br)cc3)[nH]c(=O)c2cc1OC. The van der Waals surface area contributed by atoms with Crippen LogP contribution in [0.2, 0.25) is 0 Å². The third-order valence-corrected chi connectivity index (χ3v) is 5.00. The van der Waals surface area contributed by atoms with E-state index < -0.39 is 0 Å². The molecule has 0 spiro atoms. The molecule has 0 aliphatic heterocycles. The Labute approximate surface area is 151 Å². The maximum Gasteiger partial charge on any atom is 0.258 e. The normalized spacial score (nSPS) is 10.8. The molecule has 5 nitrogen and oxygen atoms in total. The van der Waals surface area contributed by atoms with Crippen LogP contribution < -0.4 is 15.0 Å². The average Bonchev–Trinajstić information content (AvgIpc) is 2.60. The van der Waals surface area contributed by atoms with Crippen LogP contribution in [0, 0.1) is 0 Å². The lowest BCUT2D eigenvalue weighted by molar-refractivity contribution is 0.355. The zero-order valence-electron chi connectivity index (χ0n) is 13.1. The van der Waals surface area contributed by atoms with Crippen LogP contribution in [-0.2, 0) is 5.75 Å². The van der Waals surface area contributed by atoms with Gasteiger partial charge in [0, 0.05) is 15.4 Å². The minimum Gasteiger partial charge on any atom is -0.493 e. The van der Waals surface area contributed by atoms with Gasteiger partial charge in [0.15, 0.2) is 11.5 Å². The van der Waals surface area contributed by atoms with Crippen molar-refractivity contribution in [2.24, 2.45) is 0 Å². The highest BCUT2D eigenvalue weighted by atomic mass is 79.9. The molecule has 1 N–H and O–H groups in total. The Kier molecular flexibility index (Phi) is 5.11. The Morgan fingerprint density at radius 2 is 1.79 bits per heavy atom. The molecule has 0 aliphatic carbocycles. The average molecular weight is 407 g/mol.